The smallest absolute Gasteiger partial charge is 0.0701 e. The first-order chi connectivity index (χ1) is 6.20. The van der Waals surface area contributed by atoms with Gasteiger partial charge in [0.25, 0.3) is 0 Å². The van der Waals surface area contributed by atoms with E-state index in [1.807, 2.05) is 7.05 Å². The van der Waals surface area contributed by atoms with E-state index in [-0.39, 0.29) is 0 Å². The van der Waals surface area contributed by atoms with E-state index in [9.17, 15) is 0 Å². The maximum absolute atomic E-state index is 5.40. The summed E-state index contributed by atoms with van der Waals surface area (Å²) in [6.07, 6.45) is 2.16. The SMILES string of the molecule is CNC(C=C(C)C)COCCOC. The molecule has 0 aromatic rings. The minimum atomic E-state index is 0.307. The molecule has 0 aliphatic carbocycles. The molecule has 3 nitrogen and oxygen atoms in total. The first kappa shape index (κ1) is 12.6. The zero-order chi connectivity index (χ0) is 10.1. The van der Waals surface area contributed by atoms with Crippen LogP contribution in [0, 0.1) is 0 Å². The standard InChI is InChI=1S/C10H21NO2/c1-9(2)7-10(11-3)8-13-6-5-12-4/h7,10-11H,5-6,8H2,1-4H3. The number of ether oxygens (including phenoxy) is 2. The average Bonchev–Trinajstić information content (AvgIpc) is 2.09. The van der Waals surface area contributed by atoms with E-state index in [1.54, 1.807) is 7.11 Å². The van der Waals surface area contributed by atoms with Gasteiger partial charge in [0.15, 0.2) is 0 Å². The van der Waals surface area contributed by atoms with Gasteiger partial charge in [-0.1, -0.05) is 11.6 Å². The predicted octanol–water partition coefficient (Wildman–Crippen LogP) is 1.20. The molecule has 3 heteroatoms. The van der Waals surface area contributed by atoms with Gasteiger partial charge in [0, 0.05) is 13.2 Å². The Hall–Kier alpha value is -0.380. The number of hydrogen-bond acceptors (Lipinski definition) is 3. The van der Waals surface area contributed by atoms with E-state index < -0.39 is 0 Å². The number of nitrogens with one attached hydrogen (secondary N) is 1. The van der Waals surface area contributed by atoms with Gasteiger partial charge in [-0.05, 0) is 20.9 Å². The lowest BCUT2D eigenvalue weighted by molar-refractivity contribution is 0.0651. The largest absolute Gasteiger partial charge is 0.382 e. The third-order valence-electron chi connectivity index (χ3n) is 1.63. The second-order valence-electron chi connectivity index (χ2n) is 3.21. The van der Waals surface area contributed by atoms with Crippen LogP contribution in [0.15, 0.2) is 11.6 Å². The summed E-state index contributed by atoms with van der Waals surface area (Å²) in [5, 5.41) is 3.17. The van der Waals surface area contributed by atoms with Gasteiger partial charge in [-0.15, -0.1) is 0 Å². The fraction of sp³-hybridized carbons (Fsp3) is 0.800. The average molecular weight is 187 g/mol. The van der Waals surface area contributed by atoms with Crippen LogP contribution in [0.5, 0.6) is 0 Å². The molecule has 0 amide bonds. The monoisotopic (exact) mass is 187 g/mol. The summed E-state index contributed by atoms with van der Waals surface area (Å²) in [7, 11) is 3.61. The Bertz CT molecular complexity index is 142. The van der Waals surface area contributed by atoms with Gasteiger partial charge in [-0.2, -0.15) is 0 Å². The summed E-state index contributed by atoms with van der Waals surface area (Å²) >= 11 is 0. The molecule has 1 unspecified atom stereocenters. The molecule has 13 heavy (non-hydrogen) atoms. The number of methoxy groups -OCH3 is 1. The van der Waals surface area contributed by atoms with Gasteiger partial charge in [-0.25, -0.2) is 0 Å². The van der Waals surface area contributed by atoms with E-state index in [1.165, 1.54) is 5.57 Å². The molecule has 0 aliphatic heterocycles. The highest BCUT2D eigenvalue weighted by molar-refractivity contribution is 5.00. The third-order valence-corrected chi connectivity index (χ3v) is 1.63. The Morgan fingerprint density at radius 2 is 2.08 bits per heavy atom. The maximum atomic E-state index is 5.40. The Kier molecular flexibility index (Phi) is 7.99. The summed E-state index contributed by atoms with van der Waals surface area (Å²) in [6.45, 7) is 6.18. The molecule has 0 aromatic heterocycles. The highest BCUT2D eigenvalue weighted by atomic mass is 16.5. The first-order valence-corrected chi connectivity index (χ1v) is 4.59. The molecular weight excluding hydrogens is 166 g/mol. The van der Waals surface area contributed by atoms with Gasteiger partial charge in [0.2, 0.25) is 0 Å². The molecule has 0 saturated heterocycles. The Labute approximate surface area is 81.1 Å². The van der Waals surface area contributed by atoms with Crippen LogP contribution in [0.3, 0.4) is 0 Å². The number of hydrogen-bond donors (Lipinski definition) is 1. The lowest BCUT2D eigenvalue weighted by Gasteiger charge is -2.12. The molecule has 0 spiro atoms. The number of likely N-dealkylation sites (N-methyl/N-ethyl adjacent to an activating group) is 1. The summed E-state index contributed by atoms with van der Waals surface area (Å²) in [4.78, 5) is 0. The molecule has 1 N–H and O–H groups in total. The van der Waals surface area contributed by atoms with Crippen molar-refractivity contribution in [3.8, 4) is 0 Å². The quantitative estimate of drug-likeness (QED) is 0.480. The minimum Gasteiger partial charge on any atom is -0.382 e. The lowest BCUT2D eigenvalue weighted by Crippen LogP contribution is -2.29. The van der Waals surface area contributed by atoms with E-state index in [0.29, 0.717) is 25.9 Å². The Morgan fingerprint density at radius 3 is 2.54 bits per heavy atom. The van der Waals surface area contributed by atoms with Crippen LogP contribution in [0.2, 0.25) is 0 Å². The molecule has 0 heterocycles. The van der Waals surface area contributed by atoms with Gasteiger partial charge in [-0.3, -0.25) is 0 Å². The van der Waals surface area contributed by atoms with Gasteiger partial charge in [0.1, 0.15) is 0 Å². The van der Waals surface area contributed by atoms with Crippen LogP contribution in [0.1, 0.15) is 13.8 Å². The van der Waals surface area contributed by atoms with E-state index in [0.717, 1.165) is 0 Å². The zero-order valence-electron chi connectivity index (χ0n) is 9.09. The fourth-order valence-corrected chi connectivity index (χ4v) is 0.970. The van der Waals surface area contributed by atoms with Crippen molar-refractivity contribution in [3.05, 3.63) is 11.6 Å². The molecule has 0 bridgehead atoms. The highest BCUT2D eigenvalue weighted by Crippen LogP contribution is 1.95. The summed E-state index contributed by atoms with van der Waals surface area (Å²) < 4.78 is 10.3. The van der Waals surface area contributed by atoms with Crippen molar-refractivity contribution in [1.82, 2.24) is 5.32 Å². The third kappa shape index (κ3) is 7.96. The van der Waals surface area contributed by atoms with Gasteiger partial charge >= 0.3 is 0 Å². The van der Waals surface area contributed by atoms with Crippen LogP contribution < -0.4 is 5.32 Å². The van der Waals surface area contributed by atoms with Crippen LogP contribution in [-0.4, -0.2) is 40.0 Å². The van der Waals surface area contributed by atoms with E-state index >= 15 is 0 Å². The van der Waals surface area contributed by atoms with Crippen molar-refractivity contribution in [3.63, 3.8) is 0 Å². The fourth-order valence-electron chi connectivity index (χ4n) is 0.970. The van der Waals surface area contributed by atoms with Crippen LogP contribution in [0.25, 0.3) is 0 Å². The van der Waals surface area contributed by atoms with Crippen LogP contribution in [-0.2, 0) is 9.47 Å². The van der Waals surface area contributed by atoms with Crippen LogP contribution >= 0.6 is 0 Å². The maximum Gasteiger partial charge on any atom is 0.0701 e. The Balaban J connectivity index is 3.54. The van der Waals surface area contributed by atoms with Crippen molar-refractivity contribution in [1.29, 1.82) is 0 Å². The zero-order valence-corrected chi connectivity index (χ0v) is 9.09. The molecule has 0 rings (SSSR count). The molecule has 0 fully saturated rings. The normalized spacial score (nSPS) is 12.6. The van der Waals surface area contributed by atoms with Crippen molar-refractivity contribution >= 4 is 0 Å². The molecule has 0 saturated carbocycles. The molecule has 0 aliphatic rings. The second kappa shape index (κ2) is 8.23. The highest BCUT2D eigenvalue weighted by Gasteiger charge is 2.00. The number of allylic oxidation sites excluding steroid dienone is 1. The van der Waals surface area contributed by atoms with E-state index in [2.05, 4.69) is 25.2 Å². The number of rotatable bonds is 7. The molecule has 0 aromatic carbocycles. The van der Waals surface area contributed by atoms with Gasteiger partial charge < -0.3 is 14.8 Å². The molecular formula is C10H21NO2. The first-order valence-electron chi connectivity index (χ1n) is 4.59. The molecule has 1 atom stereocenters. The van der Waals surface area contributed by atoms with E-state index in [4.69, 9.17) is 9.47 Å². The molecule has 78 valence electrons. The topological polar surface area (TPSA) is 30.5 Å². The summed E-state index contributed by atoms with van der Waals surface area (Å²) in [5.74, 6) is 0. The Morgan fingerprint density at radius 1 is 1.38 bits per heavy atom. The summed E-state index contributed by atoms with van der Waals surface area (Å²) in [6, 6.07) is 0.307. The van der Waals surface area contributed by atoms with Crippen molar-refractivity contribution in [2.45, 2.75) is 19.9 Å². The van der Waals surface area contributed by atoms with Gasteiger partial charge in [0.05, 0.1) is 19.8 Å². The second-order valence-corrected chi connectivity index (χ2v) is 3.21. The molecule has 0 radical (unpaired) electrons. The van der Waals surface area contributed by atoms with Crippen molar-refractivity contribution < 1.29 is 9.47 Å². The summed E-state index contributed by atoms with van der Waals surface area (Å²) in [5.41, 5.74) is 1.30. The van der Waals surface area contributed by atoms with Crippen molar-refractivity contribution in [2.75, 3.05) is 34.0 Å². The lowest BCUT2D eigenvalue weighted by atomic mass is 10.2. The van der Waals surface area contributed by atoms with Crippen molar-refractivity contribution in [2.24, 2.45) is 0 Å². The predicted molar refractivity (Wildman–Crippen MR) is 55.0 cm³/mol. The minimum absolute atomic E-state index is 0.307. The van der Waals surface area contributed by atoms with Crippen LogP contribution in [0.4, 0.5) is 0 Å².